The Kier molecular flexibility index (Phi) is 4.53. The van der Waals surface area contributed by atoms with Crippen LogP contribution in [0.1, 0.15) is 39.5 Å². The predicted octanol–water partition coefficient (Wildman–Crippen LogP) is 4.62. The second kappa shape index (κ2) is 6.47. The van der Waals surface area contributed by atoms with Crippen molar-refractivity contribution in [1.29, 1.82) is 0 Å². The minimum absolute atomic E-state index is 0.109. The Morgan fingerprint density at radius 2 is 1.65 bits per heavy atom. The van der Waals surface area contributed by atoms with Crippen molar-refractivity contribution in [2.24, 2.45) is 21.6 Å². The summed E-state index contributed by atoms with van der Waals surface area (Å²) in [6.45, 7) is 5.91. The molecule has 5 heteroatoms. The molecule has 0 radical (unpaired) electrons. The van der Waals surface area contributed by atoms with Crippen LogP contribution in [0.25, 0.3) is 0 Å². The van der Waals surface area contributed by atoms with E-state index in [2.05, 4.69) is 18.2 Å². The lowest BCUT2D eigenvalue weighted by molar-refractivity contribution is -0.297. The summed E-state index contributed by atoms with van der Waals surface area (Å²) >= 11 is 0. The molecule has 4 rings (SSSR count). The molecule has 1 aromatic carbocycles. The summed E-state index contributed by atoms with van der Waals surface area (Å²) in [4.78, 5) is 0.796. The molecular formula is C21H29NO3S. The molecule has 2 aliphatic carbocycles. The second-order valence-corrected chi connectivity index (χ2v) is 11.0. The first-order valence-electron chi connectivity index (χ1n) is 9.51. The van der Waals surface area contributed by atoms with E-state index in [1.165, 1.54) is 5.57 Å². The van der Waals surface area contributed by atoms with Crippen molar-refractivity contribution in [3.05, 3.63) is 41.3 Å². The Bertz CT molecular complexity index is 793. The molecule has 3 atom stereocenters. The Morgan fingerprint density at radius 3 is 2.19 bits per heavy atom. The van der Waals surface area contributed by atoms with Crippen LogP contribution >= 0.6 is 0 Å². The van der Waals surface area contributed by atoms with Crippen LogP contribution in [0.3, 0.4) is 0 Å². The Morgan fingerprint density at radius 1 is 1.08 bits per heavy atom. The van der Waals surface area contributed by atoms with Crippen LogP contribution in [0, 0.1) is 17.3 Å². The predicted molar refractivity (Wildman–Crippen MR) is 103 cm³/mol. The van der Waals surface area contributed by atoms with E-state index in [0.29, 0.717) is 11.8 Å². The summed E-state index contributed by atoms with van der Waals surface area (Å²) in [5.74, 6) is 0.768. The van der Waals surface area contributed by atoms with Crippen LogP contribution in [0.4, 0.5) is 0 Å². The van der Waals surface area contributed by atoms with E-state index in [4.69, 9.17) is 9.47 Å². The zero-order valence-electron chi connectivity index (χ0n) is 15.9. The molecule has 1 aliphatic heterocycles. The minimum Gasteiger partial charge on any atom is -0.349 e. The molecule has 1 saturated heterocycles. The topological polar surface area (TPSA) is 47.9 Å². The third-order valence-electron chi connectivity index (χ3n) is 5.99. The normalized spacial score (nSPS) is 33.1. The molecule has 26 heavy (non-hydrogen) atoms. The van der Waals surface area contributed by atoms with E-state index < -0.39 is 9.73 Å². The number of allylic oxidation sites excluding steroid dienone is 1. The van der Waals surface area contributed by atoms with Gasteiger partial charge in [-0.3, -0.25) is 0 Å². The largest absolute Gasteiger partial charge is 0.349 e. The van der Waals surface area contributed by atoms with Crippen molar-refractivity contribution in [1.82, 2.24) is 0 Å². The number of benzene rings is 1. The molecule has 1 heterocycles. The van der Waals surface area contributed by atoms with E-state index in [0.717, 1.165) is 43.8 Å². The highest BCUT2D eigenvalue weighted by Crippen LogP contribution is 2.54. The van der Waals surface area contributed by atoms with Crippen molar-refractivity contribution < 1.29 is 13.7 Å². The monoisotopic (exact) mass is 375 g/mol. The second-order valence-electron chi connectivity index (χ2n) is 8.83. The van der Waals surface area contributed by atoms with Gasteiger partial charge in [-0.15, -0.1) is 0 Å². The first-order valence-corrected chi connectivity index (χ1v) is 11.1. The van der Waals surface area contributed by atoms with Gasteiger partial charge in [0.25, 0.3) is 0 Å². The van der Waals surface area contributed by atoms with Crippen LogP contribution in [0.2, 0.25) is 0 Å². The number of rotatable bonds is 2. The number of hydrogen-bond acceptors (Lipinski definition) is 4. The molecular weight excluding hydrogens is 346 g/mol. The maximum atomic E-state index is 13.3. The van der Waals surface area contributed by atoms with Gasteiger partial charge in [0.1, 0.15) is 0 Å². The van der Waals surface area contributed by atoms with Gasteiger partial charge in [-0.1, -0.05) is 37.6 Å². The zero-order chi connectivity index (χ0) is 18.4. The summed E-state index contributed by atoms with van der Waals surface area (Å²) in [5, 5.41) is 1.94. The van der Waals surface area contributed by atoms with E-state index in [1.54, 1.807) is 7.05 Å². The lowest BCUT2D eigenvalue weighted by Gasteiger charge is -2.42. The highest BCUT2D eigenvalue weighted by molar-refractivity contribution is 7.96. The molecule has 0 unspecified atom stereocenters. The van der Waals surface area contributed by atoms with Crippen LogP contribution in [-0.4, -0.2) is 30.3 Å². The maximum absolute atomic E-state index is 13.3. The molecule has 1 spiro atoms. The molecule has 3 fully saturated rings. The number of hydrogen-bond donors (Lipinski definition) is 0. The molecule has 3 aliphatic rings. The first-order chi connectivity index (χ1) is 12.3. The van der Waals surface area contributed by atoms with Crippen LogP contribution < -0.4 is 0 Å². The van der Waals surface area contributed by atoms with Gasteiger partial charge in [0.05, 0.1) is 27.8 Å². The molecule has 0 bridgehead atoms. The lowest BCUT2D eigenvalue weighted by Crippen LogP contribution is -2.46. The highest BCUT2D eigenvalue weighted by atomic mass is 32.2. The van der Waals surface area contributed by atoms with Crippen molar-refractivity contribution in [3.8, 4) is 0 Å². The first kappa shape index (κ1) is 18.2. The lowest BCUT2D eigenvalue weighted by atomic mass is 9.94. The molecule has 0 N–H and O–H groups in total. The van der Waals surface area contributed by atoms with E-state index in [9.17, 15) is 4.21 Å². The molecule has 0 aromatic heterocycles. The summed E-state index contributed by atoms with van der Waals surface area (Å²) < 4.78 is 29.9. The minimum atomic E-state index is -2.47. The highest BCUT2D eigenvalue weighted by Gasteiger charge is 2.52. The fourth-order valence-corrected chi connectivity index (χ4v) is 6.23. The SMILES string of the molecule is CN=[S@@](=O)(C=C1C[C@@H]2CC3(C[C@@H]2C1)OCC(C)(C)CO3)c1ccccc1. The summed E-state index contributed by atoms with van der Waals surface area (Å²) in [6, 6.07) is 9.60. The van der Waals surface area contributed by atoms with Gasteiger partial charge in [0.2, 0.25) is 0 Å². The van der Waals surface area contributed by atoms with Gasteiger partial charge in [-0.05, 0) is 36.8 Å². The van der Waals surface area contributed by atoms with E-state index in [1.807, 2.05) is 35.7 Å². The van der Waals surface area contributed by atoms with E-state index >= 15 is 0 Å². The fourth-order valence-electron chi connectivity index (χ4n) is 4.59. The average molecular weight is 376 g/mol. The molecule has 142 valence electrons. The van der Waals surface area contributed by atoms with Gasteiger partial charge in [0, 0.05) is 30.7 Å². The Balaban J connectivity index is 1.48. The number of fused-ring (bicyclic) bond motifs is 1. The number of nitrogens with zero attached hydrogens (tertiary/aromatic N) is 1. The van der Waals surface area contributed by atoms with Gasteiger partial charge in [0.15, 0.2) is 5.79 Å². The van der Waals surface area contributed by atoms with Gasteiger partial charge < -0.3 is 9.47 Å². The molecule has 1 aromatic rings. The summed E-state index contributed by atoms with van der Waals surface area (Å²) in [7, 11) is -0.813. The molecule has 0 amide bonds. The summed E-state index contributed by atoms with van der Waals surface area (Å²) in [5.41, 5.74) is 1.39. The van der Waals surface area contributed by atoms with Crippen molar-refractivity contribution in [2.45, 2.75) is 50.2 Å². The third kappa shape index (κ3) is 3.37. The van der Waals surface area contributed by atoms with Crippen LogP contribution in [0.5, 0.6) is 0 Å². The zero-order valence-corrected chi connectivity index (χ0v) is 16.8. The third-order valence-corrected chi connectivity index (χ3v) is 8.14. The van der Waals surface area contributed by atoms with Gasteiger partial charge in [-0.2, -0.15) is 0 Å². The smallest absolute Gasteiger partial charge is 0.168 e. The van der Waals surface area contributed by atoms with Gasteiger partial charge >= 0.3 is 0 Å². The van der Waals surface area contributed by atoms with Crippen molar-refractivity contribution in [2.75, 3.05) is 20.3 Å². The Labute approximate surface area is 157 Å². The van der Waals surface area contributed by atoms with Gasteiger partial charge in [-0.25, -0.2) is 8.57 Å². The average Bonchev–Trinajstić information content (AvgIpc) is 3.14. The molecule has 2 saturated carbocycles. The summed E-state index contributed by atoms with van der Waals surface area (Å²) in [6.07, 6.45) is 3.89. The van der Waals surface area contributed by atoms with Crippen molar-refractivity contribution in [3.63, 3.8) is 0 Å². The van der Waals surface area contributed by atoms with Crippen molar-refractivity contribution >= 4 is 9.73 Å². The molecule has 4 nitrogen and oxygen atoms in total. The quantitative estimate of drug-likeness (QED) is 0.758. The maximum Gasteiger partial charge on any atom is 0.168 e. The Hall–Kier alpha value is -1.17. The standard InChI is InChI=1S/C21H29NO3S/c1-20(2)14-24-21(25-15-20)11-17-9-16(10-18(17)12-21)13-26(23,22-3)19-7-5-4-6-8-19/h4-8,13,17-18H,9-12,14-15H2,1-3H3/t17-,18+,26-/m1/s1. The van der Waals surface area contributed by atoms with Crippen LogP contribution in [0.15, 0.2) is 50.6 Å². The van der Waals surface area contributed by atoms with Crippen LogP contribution in [-0.2, 0) is 19.2 Å². The number of ether oxygens (including phenoxy) is 2. The van der Waals surface area contributed by atoms with E-state index in [-0.39, 0.29) is 11.2 Å². The fraction of sp³-hybridized carbons (Fsp3) is 0.619.